The Morgan fingerprint density at radius 2 is 1.94 bits per heavy atom. The summed E-state index contributed by atoms with van der Waals surface area (Å²) in [7, 11) is 1.57. The lowest BCUT2D eigenvalue weighted by Crippen LogP contribution is -2.20. The van der Waals surface area contributed by atoms with Crippen molar-refractivity contribution in [2.75, 3.05) is 7.11 Å². The third-order valence-electron chi connectivity index (χ3n) is 5.38. The lowest BCUT2D eigenvalue weighted by molar-refractivity contribution is 0.228. The summed E-state index contributed by atoms with van der Waals surface area (Å²) in [5.74, 6) is 1.80. The molecule has 3 aromatic carbocycles. The van der Waals surface area contributed by atoms with Gasteiger partial charge < -0.3 is 13.9 Å². The van der Waals surface area contributed by atoms with Crippen LogP contribution in [0.25, 0.3) is 33.5 Å². The second-order valence-corrected chi connectivity index (χ2v) is 9.60. The number of hydrogen-bond donors (Lipinski definition) is 0. The Bertz CT molecular complexity index is 1690. The maximum absolute atomic E-state index is 13.5. The van der Waals surface area contributed by atoms with Gasteiger partial charge in [-0.15, -0.1) is 0 Å². The number of hydrogen-bond acceptors (Lipinski definition) is 6. The molecule has 9 heteroatoms. The Labute approximate surface area is 220 Å². The smallest absolute Gasteiger partial charge is 0.282 e. The van der Waals surface area contributed by atoms with E-state index in [4.69, 9.17) is 30.5 Å². The van der Waals surface area contributed by atoms with Crippen LogP contribution in [0.5, 0.6) is 11.5 Å². The minimum Gasteiger partial charge on any atom is -0.493 e. The van der Waals surface area contributed by atoms with Crippen LogP contribution in [0.4, 0.5) is 0 Å². The van der Waals surface area contributed by atoms with Crippen LogP contribution in [-0.2, 0) is 0 Å². The van der Waals surface area contributed by atoms with Crippen LogP contribution in [0.15, 0.2) is 79.4 Å². The molecule has 0 radical (unpaired) electrons. The Balaban J connectivity index is 1.66. The number of rotatable bonds is 6. The van der Waals surface area contributed by atoms with E-state index in [2.05, 4.69) is 21.0 Å². The fraction of sp³-hybridized carbons (Fsp3) is 0.148. The predicted molar refractivity (Wildman–Crippen MR) is 146 cm³/mol. The fourth-order valence-corrected chi connectivity index (χ4v) is 4.54. The highest BCUT2D eigenvalue weighted by molar-refractivity contribution is 9.10. The normalized spacial score (nSPS) is 11.7. The maximum Gasteiger partial charge on any atom is 0.282 e. The molecule has 5 aromatic rings. The van der Waals surface area contributed by atoms with Crippen molar-refractivity contribution in [3.05, 3.63) is 86.1 Å². The number of nitrogens with zero attached hydrogens (tertiary/aromatic N) is 3. The van der Waals surface area contributed by atoms with Gasteiger partial charge >= 0.3 is 0 Å². The molecule has 0 N–H and O–H groups in total. The van der Waals surface area contributed by atoms with Gasteiger partial charge in [-0.05, 0) is 83.9 Å². The van der Waals surface area contributed by atoms with E-state index >= 15 is 0 Å². The first kappa shape index (κ1) is 24.1. The summed E-state index contributed by atoms with van der Waals surface area (Å²) < 4.78 is 19.3. The molecule has 0 aliphatic heterocycles. The zero-order valence-electron chi connectivity index (χ0n) is 19.7. The number of furan rings is 1. The summed E-state index contributed by atoms with van der Waals surface area (Å²) in [6.45, 7) is 3.88. The number of benzene rings is 3. The summed E-state index contributed by atoms with van der Waals surface area (Å²) >= 11 is 9.69. The van der Waals surface area contributed by atoms with E-state index in [1.54, 1.807) is 61.9 Å². The van der Waals surface area contributed by atoms with Crippen LogP contribution in [0.2, 0.25) is 5.02 Å². The lowest BCUT2D eigenvalue weighted by atomic mass is 10.2. The number of methoxy groups -OCH3 is 1. The Morgan fingerprint density at radius 3 is 2.72 bits per heavy atom. The minimum absolute atomic E-state index is 0.0294. The molecule has 36 heavy (non-hydrogen) atoms. The number of halogens is 2. The summed E-state index contributed by atoms with van der Waals surface area (Å²) in [6.07, 6.45) is 1.53. The molecule has 7 nitrogen and oxygen atoms in total. The van der Waals surface area contributed by atoms with Gasteiger partial charge in [-0.3, -0.25) is 4.79 Å². The monoisotopic (exact) mass is 565 g/mol. The molecule has 5 rings (SSSR count). The first-order valence-electron chi connectivity index (χ1n) is 11.1. The minimum atomic E-state index is -0.323. The van der Waals surface area contributed by atoms with Gasteiger partial charge in [-0.25, -0.2) is 4.98 Å². The van der Waals surface area contributed by atoms with E-state index in [-0.39, 0.29) is 17.5 Å². The van der Waals surface area contributed by atoms with Crippen LogP contribution in [-0.4, -0.2) is 29.1 Å². The molecule has 0 aliphatic carbocycles. The summed E-state index contributed by atoms with van der Waals surface area (Å²) in [5.41, 5.74) is 1.54. The van der Waals surface area contributed by atoms with Gasteiger partial charge in [0.05, 0.1) is 34.8 Å². The number of fused-ring (bicyclic) bond motifs is 2. The number of para-hydroxylation sites is 1. The average Bonchev–Trinajstić information content (AvgIpc) is 3.27. The van der Waals surface area contributed by atoms with Crippen molar-refractivity contribution in [3.63, 3.8) is 0 Å². The van der Waals surface area contributed by atoms with Gasteiger partial charge in [0.15, 0.2) is 17.3 Å². The van der Waals surface area contributed by atoms with Gasteiger partial charge in [-0.2, -0.15) is 9.78 Å². The SMILES string of the molecule is COc1cc(C=Nn2c(-c3cc4cc(Cl)ccc4o3)nc3ccccc3c2=O)cc(Br)c1OC(C)C. The van der Waals surface area contributed by atoms with Gasteiger partial charge in [-0.1, -0.05) is 23.7 Å². The Morgan fingerprint density at radius 1 is 1.14 bits per heavy atom. The van der Waals surface area contributed by atoms with Crippen LogP contribution in [0.3, 0.4) is 0 Å². The summed E-state index contributed by atoms with van der Waals surface area (Å²) in [5, 5.41) is 6.33. The first-order chi connectivity index (χ1) is 17.3. The highest BCUT2D eigenvalue weighted by Gasteiger charge is 2.17. The van der Waals surface area contributed by atoms with Gasteiger partial charge in [0.1, 0.15) is 5.58 Å². The van der Waals surface area contributed by atoms with Crippen LogP contribution < -0.4 is 15.0 Å². The highest BCUT2D eigenvalue weighted by atomic mass is 79.9. The molecule has 0 saturated heterocycles. The number of ether oxygens (including phenoxy) is 2. The molecule has 0 amide bonds. The van der Waals surface area contributed by atoms with Crippen molar-refractivity contribution in [2.24, 2.45) is 5.10 Å². The maximum atomic E-state index is 13.5. The van der Waals surface area contributed by atoms with E-state index in [0.717, 1.165) is 5.39 Å². The zero-order valence-corrected chi connectivity index (χ0v) is 22.0. The zero-order chi connectivity index (χ0) is 25.4. The van der Waals surface area contributed by atoms with E-state index < -0.39 is 0 Å². The summed E-state index contributed by atoms with van der Waals surface area (Å²) in [6, 6.07) is 17.8. The van der Waals surface area contributed by atoms with Crippen molar-refractivity contribution >= 4 is 55.6 Å². The van der Waals surface area contributed by atoms with Crippen molar-refractivity contribution in [3.8, 4) is 23.1 Å². The second-order valence-electron chi connectivity index (χ2n) is 8.31. The molecule has 182 valence electrons. The molecule has 0 atom stereocenters. The molecule has 0 spiro atoms. The molecule has 2 heterocycles. The van der Waals surface area contributed by atoms with Crippen molar-refractivity contribution in [1.29, 1.82) is 0 Å². The topological polar surface area (TPSA) is 78.9 Å². The first-order valence-corrected chi connectivity index (χ1v) is 12.3. The lowest BCUT2D eigenvalue weighted by Gasteiger charge is -2.15. The molecule has 0 bridgehead atoms. The quantitative estimate of drug-likeness (QED) is 0.209. The van der Waals surface area contributed by atoms with E-state index in [1.165, 1.54) is 4.68 Å². The molecule has 2 aromatic heterocycles. The molecule has 0 saturated carbocycles. The second kappa shape index (κ2) is 9.79. The van der Waals surface area contributed by atoms with Crippen molar-refractivity contribution in [2.45, 2.75) is 20.0 Å². The molecule has 0 aliphatic rings. The fourth-order valence-electron chi connectivity index (χ4n) is 3.80. The highest BCUT2D eigenvalue weighted by Crippen LogP contribution is 2.37. The Hall–Kier alpha value is -3.62. The number of aromatic nitrogens is 2. The molecule has 0 unspecified atom stereocenters. The van der Waals surface area contributed by atoms with Crippen LogP contribution >= 0.6 is 27.5 Å². The van der Waals surface area contributed by atoms with E-state index in [9.17, 15) is 4.79 Å². The molecular formula is C27H21BrClN3O4. The summed E-state index contributed by atoms with van der Waals surface area (Å²) in [4.78, 5) is 18.2. The Kier molecular flexibility index (Phi) is 6.55. The van der Waals surface area contributed by atoms with E-state index in [0.29, 0.717) is 48.8 Å². The van der Waals surface area contributed by atoms with Crippen molar-refractivity contribution < 1.29 is 13.9 Å². The van der Waals surface area contributed by atoms with Gasteiger partial charge in [0, 0.05) is 10.4 Å². The van der Waals surface area contributed by atoms with Crippen LogP contribution in [0.1, 0.15) is 19.4 Å². The molecular weight excluding hydrogens is 546 g/mol. The molecule has 0 fully saturated rings. The third kappa shape index (κ3) is 4.62. The largest absolute Gasteiger partial charge is 0.493 e. The average molecular weight is 567 g/mol. The van der Waals surface area contributed by atoms with Crippen LogP contribution in [0, 0.1) is 0 Å². The third-order valence-corrected chi connectivity index (χ3v) is 6.20. The van der Waals surface area contributed by atoms with Gasteiger partial charge in [0.25, 0.3) is 5.56 Å². The predicted octanol–water partition coefficient (Wildman–Crippen LogP) is 6.90. The van der Waals surface area contributed by atoms with Gasteiger partial charge in [0.2, 0.25) is 5.82 Å². The van der Waals surface area contributed by atoms with Crippen molar-refractivity contribution in [1.82, 2.24) is 9.66 Å². The van der Waals surface area contributed by atoms with E-state index in [1.807, 2.05) is 26.0 Å². The standard InChI is InChI=1S/C27H21BrClN3O4/c1-15(2)35-25-20(28)10-16(11-23(25)34-3)14-30-32-26(31-21-7-5-4-6-19(21)27(32)33)24-13-17-12-18(29)8-9-22(17)36-24/h4-15H,1-3H3.